The van der Waals surface area contributed by atoms with Crippen molar-refractivity contribution in [2.45, 2.75) is 19.0 Å². The molecule has 2 aromatic rings. The minimum atomic E-state index is -1.04. The van der Waals surface area contributed by atoms with Gasteiger partial charge in [0.05, 0.1) is 23.4 Å². The number of carboxylic acids is 1. The number of thiazole rings is 1. The summed E-state index contributed by atoms with van der Waals surface area (Å²) < 4.78 is 1.61. The molecule has 2 rings (SSSR count). The van der Waals surface area contributed by atoms with Crippen molar-refractivity contribution in [3.8, 4) is 0 Å². The lowest BCUT2D eigenvalue weighted by Crippen LogP contribution is -2.32. The maximum Gasteiger partial charge on any atom is 0.320 e. The number of aromatic nitrogens is 4. The van der Waals surface area contributed by atoms with E-state index in [4.69, 9.17) is 10.8 Å². The predicted molar refractivity (Wildman–Crippen MR) is 60.6 cm³/mol. The van der Waals surface area contributed by atoms with E-state index in [-0.39, 0.29) is 6.42 Å². The molecule has 0 spiro atoms. The van der Waals surface area contributed by atoms with Gasteiger partial charge in [0, 0.05) is 18.0 Å². The van der Waals surface area contributed by atoms with Gasteiger partial charge in [-0.05, 0) is 0 Å². The van der Waals surface area contributed by atoms with E-state index in [2.05, 4.69) is 15.3 Å². The first-order valence-corrected chi connectivity index (χ1v) is 5.84. The maximum absolute atomic E-state index is 10.6. The van der Waals surface area contributed by atoms with E-state index in [1.807, 2.05) is 5.38 Å². The summed E-state index contributed by atoms with van der Waals surface area (Å²) in [5, 5.41) is 18.3. The van der Waals surface area contributed by atoms with E-state index in [0.717, 1.165) is 5.69 Å². The van der Waals surface area contributed by atoms with Gasteiger partial charge in [0.15, 0.2) is 0 Å². The van der Waals surface area contributed by atoms with Crippen molar-refractivity contribution >= 4 is 17.3 Å². The molecule has 0 radical (unpaired) electrons. The van der Waals surface area contributed by atoms with Gasteiger partial charge in [0.1, 0.15) is 6.04 Å². The summed E-state index contributed by atoms with van der Waals surface area (Å²) in [5.74, 6) is -1.04. The van der Waals surface area contributed by atoms with Crippen LogP contribution in [-0.2, 0) is 17.8 Å². The smallest absolute Gasteiger partial charge is 0.320 e. The average Bonchev–Trinajstić information content (AvgIpc) is 2.91. The summed E-state index contributed by atoms with van der Waals surface area (Å²) in [6.45, 7) is 0.527. The Labute approximate surface area is 101 Å². The lowest BCUT2D eigenvalue weighted by atomic mass is 10.2. The number of aliphatic carboxylic acids is 1. The molecule has 1 unspecified atom stereocenters. The molecule has 0 saturated heterocycles. The van der Waals surface area contributed by atoms with Crippen molar-refractivity contribution in [1.29, 1.82) is 0 Å². The molecule has 0 aliphatic rings. The van der Waals surface area contributed by atoms with Gasteiger partial charge in [-0.25, -0.2) is 9.67 Å². The zero-order chi connectivity index (χ0) is 12.3. The first-order chi connectivity index (χ1) is 8.15. The number of hydrogen-bond donors (Lipinski definition) is 2. The fourth-order valence-electron chi connectivity index (χ4n) is 1.30. The first-order valence-electron chi connectivity index (χ1n) is 4.89. The largest absolute Gasteiger partial charge is 0.480 e. The second kappa shape index (κ2) is 5.02. The van der Waals surface area contributed by atoms with Crippen LogP contribution in [0.5, 0.6) is 0 Å². The normalized spacial score (nSPS) is 12.5. The SMILES string of the molecule is NC(Cc1cn(Cc2cscn2)nn1)C(=O)O. The van der Waals surface area contributed by atoms with Gasteiger partial charge in [-0.2, -0.15) is 0 Å². The highest BCUT2D eigenvalue weighted by Crippen LogP contribution is 2.04. The van der Waals surface area contributed by atoms with Gasteiger partial charge < -0.3 is 10.8 Å². The molecule has 8 heteroatoms. The van der Waals surface area contributed by atoms with Crippen LogP contribution in [0, 0.1) is 0 Å². The molecular weight excluding hydrogens is 242 g/mol. The Bertz CT molecular complexity index is 495. The fourth-order valence-corrected chi connectivity index (χ4v) is 1.85. The molecule has 7 nitrogen and oxygen atoms in total. The van der Waals surface area contributed by atoms with E-state index >= 15 is 0 Å². The van der Waals surface area contributed by atoms with Crippen molar-refractivity contribution in [2.24, 2.45) is 5.73 Å². The summed E-state index contributed by atoms with van der Waals surface area (Å²) in [6, 6.07) is -0.945. The Kier molecular flexibility index (Phi) is 3.45. The van der Waals surface area contributed by atoms with E-state index in [1.54, 1.807) is 16.4 Å². The van der Waals surface area contributed by atoms with Crippen LogP contribution in [0.15, 0.2) is 17.1 Å². The summed E-state index contributed by atoms with van der Waals surface area (Å²) in [5.41, 5.74) is 8.61. The minimum absolute atomic E-state index is 0.173. The number of hydrogen-bond acceptors (Lipinski definition) is 6. The van der Waals surface area contributed by atoms with Crippen molar-refractivity contribution in [2.75, 3.05) is 0 Å². The third-order valence-electron chi connectivity index (χ3n) is 2.14. The van der Waals surface area contributed by atoms with Crippen molar-refractivity contribution in [3.05, 3.63) is 28.5 Å². The highest BCUT2D eigenvalue weighted by atomic mass is 32.1. The van der Waals surface area contributed by atoms with Gasteiger partial charge >= 0.3 is 5.97 Å². The molecule has 1 atom stereocenters. The molecule has 0 saturated carbocycles. The minimum Gasteiger partial charge on any atom is -0.480 e. The molecule has 0 amide bonds. The quantitative estimate of drug-likeness (QED) is 0.760. The van der Waals surface area contributed by atoms with Crippen LogP contribution in [0.1, 0.15) is 11.4 Å². The second-order valence-electron chi connectivity index (χ2n) is 3.54. The lowest BCUT2D eigenvalue weighted by Gasteiger charge is -2.01. The Morgan fingerprint density at radius 3 is 3.06 bits per heavy atom. The fraction of sp³-hybridized carbons (Fsp3) is 0.333. The number of carboxylic acid groups (broad SMARTS) is 1. The van der Waals surface area contributed by atoms with Gasteiger partial charge in [0.25, 0.3) is 0 Å². The van der Waals surface area contributed by atoms with Crippen LogP contribution >= 0.6 is 11.3 Å². The zero-order valence-electron chi connectivity index (χ0n) is 8.85. The van der Waals surface area contributed by atoms with Crippen molar-refractivity contribution < 1.29 is 9.90 Å². The Hall–Kier alpha value is -1.80. The third kappa shape index (κ3) is 3.08. The second-order valence-corrected chi connectivity index (χ2v) is 4.25. The molecular formula is C9H11N5O2S. The highest BCUT2D eigenvalue weighted by molar-refractivity contribution is 7.07. The third-order valence-corrected chi connectivity index (χ3v) is 2.78. The Balaban J connectivity index is 1.98. The summed E-state index contributed by atoms with van der Waals surface area (Å²) in [4.78, 5) is 14.7. The zero-order valence-corrected chi connectivity index (χ0v) is 9.67. The standard InChI is InChI=1S/C9H11N5O2S/c10-8(9(15)16)1-6-2-14(13-12-6)3-7-4-17-5-11-7/h2,4-5,8H,1,3,10H2,(H,15,16). The van der Waals surface area contributed by atoms with Crippen LogP contribution in [0.2, 0.25) is 0 Å². The maximum atomic E-state index is 10.6. The monoisotopic (exact) mass is 253 g/mol. The number of nitrogens with zero attached hydrogens (tertiary/aromatic N) is 4. The van der Waals surface area contributed by atoms with Crippen molar-refractivity contribution in [1.82, 2.24) is 20.0 Å². The molecule has 2 aromatic heterocycles. The van der Waals surface area contributed by atoms with Crippen molar-refractivity contribution in [3.63, 3.8) is 0 Å². The van der Waals surface area contributed by atoms with Crippen LogP contribution in [0.25, 0.3) is 0 Å². The summed E-state index contributed by atoms with van der Waals surface area (Å²) in [7, 11) is 0. The molecule has 0 bridgehead atoms. The average molecular weight is 253 g/mol. The van der Waals surface area contributed by atoms with Gasteiger partial charge in [0.2, 0.25) is 0 Å². The molecule has 2 heterocycles. The highest BCUT2D eigenvalue weighted by Gasteiger charge is 2.14. The molecule has 90 valence electrons. The van der Waals surface area contributed by atoms with Gasteiger partial charge in [-0.15, -0.1) is 16.4 Å². The summed E-state index contributed by atoms with van der Waals surface area (Å²) in [6.07, 6.45) is 1.86. The Morgan fingerprint density at radius 1 is 1.59 bits per heavy atom. The Morgan fingerprint density at radius 2 is 2.41 bits per heavy atom. The number of carbonyl (C=O) groups is 1. The lowest BCUT2D eigenvalue weighted by molar-refractivity contribution is -0.138. The molecule has 0 aliphatic heterocycles. The molecule has 0 aromatic carbocycles. The first kappa shape index (κ1) is 11.7. The molecule has 0 aliphatic carbocycles. The van der Waals surface area contributed by atoms with E-state index in [1.165, 1.54) is 11.3 Å². The predicted octanol–water partition coefficient (Wildman–Crippen LogP) is -0.263. The van der Waals surface area contributed by atoms with Gasteiger partial charge in [-0.1, -0.05) is 5.21 Å². The van der Waals surface area contributed by atoms with Crippen LogP contribution < -0.4 is 5.73 Å². The molecule has 3 N–H and O–H groups in total. The topological polar surface area (TPSA) is 107 Å². The van der Waals surface area contributed by atoms with Crippen LogP contribution in [0.4, 0.5) is 0 Å². The number of nitrogens with two attached hydrogens (primary N) is 1. The summed E-state index contributed by atoms with van der Waals surface area (Å²) >= 11 is 1.51. The number of rotatable bonds is 5. The van der Waals surface area contributed by atoms with Crippen LogP contribution in [-0.4, -0.2) is 37.1 Å². The van der Waals surface area contributed by atoms with E-state index in [9.17, 15) is 4.79 Å². The van der Waals surface area contributed by atoms with Gasteiger partial charge in [-0.3, -0.25) is 4.79 Å². The van der Waals surface area contributed by atoms with E-state index in [0.29, 0.717) is 12.2 Å². The molecule has 17 heavy (non-hydrogen) atoms. The molecule has 0 fully saturated rings. The van der Waals surface area contributed by atoms with Crippen LogP contribution in [0.3, 0.4) is 0 Å². The van der Waals surface area contributed by atoms with E-state index < -0.39 is 12.0 Å².